The van der Waals surface area contributed by atoms with Crippen LogP contribution in [0.15, 0.2) is 71.6 Å². The Morgan fingerprint density at radius 3 is 2.05 bits per heavy atom. The van der Waals surface area contributed by atoms with Crippen LogP contribution in [0.2, 0.25) is 10.0 Å². The van der Waals surface area contributed by atoms with Crippen LogP contribution in [0, 0.1) is 13.8 Å². The van der Waals surface area contributed by atoms with Gasteiger partial charge in [-0.25, -0.2) is 8.42 Å². The molecule has 3 rings (SSSR count). The maximum atomic E-state index is 13.8. The van der Waals surface area contributed by atoms with Crippen LogP contribution in [0.5, 0.6) is 0 Å². The first-order chi connectivity index (χ1) is 17.4. The highest BCUT2D eigenvalue weighted by Gasteiger charge is 2.33. The van der Waals surface area contributed by atoms with Gasteiger partial charge in [0, 0.05) is 13.6 Å². The van der Waals surface area contributed by atoms with Crippen molar-refractivity contribution >= 4 is 50.7 Å². The summed E-state index contributed by atoms with van der Waals surface area (Å²) in [5.74, 6) is -0.961. The first-order valence-electron chi connectivity index (χ1n) is 11.6. The zero-order chi connectivity index (χ0) is 27.3. The Bertz CT molecular complexity index is 1380. The fourth-order valence-electron chi connectivity index (χ4n) is 3.72. The van der Waals surface area contributed by atoms with Crippen LogP contribution in [0.1, 0.15) is 23.6 Å². The molecule has 1 unspecified atom stereocenters. The Hall–Kier alpha value is -3.07. The second kappa shape index (κ2) is 12.0. The number of halogens is 2. The van der Waals surface area contributed by atoms with Crippen molar-refractivity contribution in [1.29, 1.82) is 0 Å². The maximum Gasteiger partial charge on any atom is 0.264 e. The van der Waals surface area contributed by atoms with Crippen LogP contribution in [-0.2, 0) is 26.2 Å². The van der Waals surface area contributed by atoms with E-state index >= 15 is 0 Å². The Balaban J connectivity index is 2.07. The molecule has 1 atom stereocenters. The van der Waals surface area contributed by atoms with Crippen molar-refractivity contribution in [1.82, 2.24) is 10.2 Å². The van der Waals surface area contributed by atoms with E-state index in [0.717, 1.165) is 21.0 Å². The third-order valence-corrected chi connectivity index (χ3v) is 8.56. The number of sulfonamides is 1. The summed E-state index contributed by atoms with van der Waals surface area (Å²) in [5, 5.41) is 2.70. The standard InChI is InChI=1S/C27H29Cl2N3O4S/c1-18-8-12-21(13-9-18)16-31(20(3)27(34)30-4)25(33)17-32(24-7-5-6-23(28)26(24)29)37(35,36)22-14-10-19(2)11-15-22/h5-15,20H,16-17H2,1-4H3,(H,30,34). The van der Waals surface area contributed by atoms with E-state index in [1.165, 1.54) is 36.2 Å². The summed E-state index contributed by atoms with van der Waals surface area (Å²) in [6, 6.07) is 17.5. The highest BCUT2D eigenvalue weighted by atomic mass is 35.5. The minimum absolute atomic E-state index is 0.00270. The van der Waals surface area contributed by atoms with Gasteiger partial charge < -0.3 is 10.2 Å². The first-order valence-corrected chi connectivity index (χ1v) is 13.7. The molecule has 0 aromatic heterocycles. The van der Waals surface area contributed by atoms with Crippen LogP contribution >= 0.6 is 23.2 Å². The minimum Gasteiger partial charge on any atom is -0.357 e. The van der Waals surface area contributed by atoms with Gasteiger partial charge in [0.2, 0.25) is 11.8 Å². The van der Waals surface area contributed by atoms with Gasteiger partial charge in [0.05, 0.1) is 20.6 Å². The number of nitrogens with zero attached hydrogens (tertiary/aromatic N) is 2. The Morgan fingerprint density at radius 1 is 0.919 bits per heavy atom. The van der Waals surface area contributed by atoms with Gasteiger partial charge in [-0.2, -0.15) is 0 Å². The fourth-order valence-corrected chi connectivity index (χ4v) is 5.59. The normalized spacial score (nSPS) is 12.1. The molecule has 10 heteroatoms. The predicted molar refractivity (Wildman–Crippen MR) is 147 cm³/mol. The molecule has 7 nitrogen and oxygen atoms in total. The smallest absolute Gasteiger partial charge is 0.264 e. The molecule has 196 valence electrons. The Morgan fingerprint density at radius 2 is 1.49 bits per heavy atom. The molecule has 0 radical (unpaired) electrons. The van der Waals surface area contributed by atoms with Gasteiger partial charge in [0.15, 0.2) is 0 Å². The molecule has 37 heavy (non-hydrogen) atoms. The van der Waals surface area contributed by atoms with Crippen LogP contribution < -0.4 is 9.62 Å². The highest BCUT2D eigenvalue weighted by Crippen LogP contribution is 2.35. The second-order valence-electron chi connectivity index (χ2n) is 8.70. The third-order valence-electron chi connectivity index (χ3n) is 5.97. The van der Waals surface area contributed by atoms with E-state index in [0.29, 0.717) is 0 Å². The van der Waals surface area contributed by atoms with E-state index in [-0.39, 0.29) is 33.1 Å². The number of carbonyl (C=O) groups excluding carboxylic acids is 2. The predicted octanol–water partition coefficient (Wildman–Crippen LogP) is 4.97. The third kappa shape index (κ3) is 6.63. The van der Waals surface area contributed by atoms with Crippen molar-refractivity contribution in [3.63, 3.8) is 0 Å². The summed E-state index contributed by atoms with van der Waals surface area (Å²) in [6.07, 6.45) is 0. The summed E-state index contributed by atoms with van der Waals surface area (Å²) in [5.41, 5.74) is 2.78. The molecule has 0 bridgehead atoms. The summed E-state index contributed by atoms with van der Waals surface area (Å²) in [7, 11) is -2.75. The number of nitrogens with one attached hydrogen (secondary N) is 1. The second-order valence-corrected chi connectivity index (χ2v) is 11.3. The summed E-state index contributed by atoms with van der Waals surface area (Å²) >= 11 is 12.6. The lowest BCUT2D eigenvalue weighted by Gasteiger charge is -2.32. The molecule has 1 N–H and O–H groups in total. The Labute approximate surface area is 228 Å². The van der Waals surface area contributed by atoms with Crippen molar-refractivity contribution in [3.8, 4) is 0 Å². The monoisotopic (exact) mass is 561 g/mol. The molecule has 0 spiro atoms. The van der Waals surface area contributed by atoms with E-state index in [2.05, 4.69) is 5.32 Å². The molecule has 0 heterocycles. The lowest BCUT2D eigenvalue weighted by Crippen LogP contribution is -2.50. The average molecular weight is 563 g/mol. The number of hydrogen-bond donors (Lipinski definition) is 1. The SMILES string of the molecule is CNC(=O)C(C)N(Cc1ccc(C)cc1)C(=O)CN(c1cccc(Cl)c1Cl)S(=O)(=O)c1ccc(C)cc1. The van der Waals surface area contributed by atoms with Crippen molar-refractivity contribution in [2.45, 2.75) is 38.3 Å². The molecule has 0 fully saturated rings. The van der Waals surface area contributed by atoms with Crippen LogP contribution in [0.4, 0.5) is 5.69 Å². The molecule has 3 aromatic rings. The number of likely N-dealkylation sites (N-methyl/N-ethyl adjacent to an activating group) is 1. The molecule has 2 amide bonds. The van der Waals surface area contributed by atoms with E-state index < -0.39 is 28.5 Å². The van der Waals surface area contributed by atoms with Gasteiger partial charge in [0.25, 0.3) is 10.0 Å². The molecule has 0 aliphatic heterocycles. The van der Waals surface area contributed by atoms with Crippen molar-refractivity contribution in [2.24, 2.45) is 0 Å². The van der Waals surface area contributed by atoms with E-state index in [4.69, 9.17) is 23.2 Å². The molecule has 0 aliphatic carbocycles. The van der Waals surface area contributed by atoms with Gasteiger partial charge in [-0.15, -0.1) is 0 Å². The number of carbonyl (C=O) groups is 2. The van der Waals surface area contributed by atoms with Gasteiger partial charge in [-0.1, -0.05) is 76.8 Å². The molecule has 0 saturated carbocycles. The summed E-state index contributed by atoms with van der Waals surface area (Å²) in [6.45, 7) is 4.89. The van der Waals surface area contributed by atoms with E-state index in [1.807, 2.05) is 38.1 Å². The van der Waals surface area contributed by atoms with Gasteiger partial charge in [0.1, 0.15) is 12.6 Å². The number of benzene rings is 3. The largest absolute Gasteiger partial charge is 0.357 e. The number of aryl methyl sites for hydroxylation is 2. The molecular weight excluding hydrogens is 533 g/mol. The summed E-state index contributed by atoms with van der Waals surface area (Å²) in [4.78, 5) is 27.6. The van der Waals surface area contributed by atoms with Crippen molar-refractivity contribution < 1.29 is 18.0 Å². The molecular formula is C27H29Cl2N3O4S. The number of hydrogen-bond acceptors (Lipinski definition) is 4. The van der Waals surface area contributed by atoms with E-state index in [9.17, 15) is 18.0 Å². The average Bonchev–Trinajstić information content (AvgIpc) is 2.88. The van der Waals surface area contributed by atoms with Gasteiger partial charge in [-0.3, -0.25) is 13.9 Å². The van der Waals surface area contributed by atoms with Crippen LogP contribution in [0.25, 0.3) is 0 Å². The topological polar surface area (TPSA) is 86.8 Å². The first kappa shape index (κ1) is 28.5. The number of amides is 2. The highest BCUT2D eigenvalue weighted by molar-refractivity contribution is 7.92. The number of rotatable bonds is 9. The Kier molecular flexibility index (Phi) is 9.23. The van der Waals surface area contributed by atoms with Crippen LogP contribution in [0.3, 0.4) is 0 Å². The maximum absolute atomic E-state index is 13.8. The van der Waals surface area contributed by atoms with Crippen molar-refractivity contribution in [3.05, 3.63) is 93.5 Å². The minimum atomic E-state index is -4.23. The van der Waals surface area contributed by atoms with Crippen molar-refractivity contribution in [2.75, 3.05) is 17.9 Å². The molecule has 0 aliphatic rings. The molecule has 0 saturated heterocycles. The number of anilines is 1. The van der Waals surface area contributed by atoms with Gasteiger partial charge in [-0.05, 0) is 50.6 Å². The van der Waals surface area contributed by atoms with Gasteiger partial charge >= 0.3 is 0 Å². The van der Waals surface area contributed by atoms with E-state index in [1.54, 1.807) is 25.1 Å². The summed E-state index contributed by atoms with van der Waals surface area (Å²) < 4.78 is 28.5. The lowest BCUT2D eigenvalue weighted by molar-refractivity contribution is -0.139. The lowest BCUT2D eigenvalue weighted by atomic mass is 10.1. The zero-order valence-electron chi connectivity index (χ0n) is 21.0. The fraction of sp³-hybridized carbons (Fsp3) is 0.259. The zero-order valence-corrected chi connectivity index (χ0v) is 23.4. The van der Waals surface area contributed by atoms with Crippen LogP contribution in [-0.4, -0.2) is 44.8 Å². The quantitative estimate of drug-likeness (QED) is 0.399. The molecule has 3 aromatic carbocycles.